The average Bonchev–Trinajstić information content (AvgIpc) is 4.05. The van der Waals surface area contributed by atoms with Crippen LogP contribution < -0.4 is 10.7 Å². The van der Waals surface area contributed by atoms with Gasteiger partial charge in [-0.15, -0.1) is 0 Å². The predicted octanol–water partition coefficient (Wildman–Crippen LogP) is 4.99. The number of likely N-dealkylation sites (N-methyl/N-ethyl adjacent to an activating group) is 1. The van der Waals surface area contributed by atoms with Crippen molar-refractivity contribution >= 4 is 40.5 Å². The number of likely N-dealkylation sites (tertiary alicyclic amines) is 1. The second kappa shape index (κ2) is 19.1. The van der Waals surface area contributed by atoms with Crippen molar-refractivity contribution in [3.63, 3.8) is 0 Å². The molecule has 16 heteroatoms. The van der Waals surface area contributed by atoms with Crippen LogP contribution in [0.2, 0.25) is 0 Å². The molecule has 64 heavy (non-hydrogen) atoms. The van der Waals surface area contributed by atoms with Crippen LogP contribution >= 0.6 is 0 Å². The van der Waals surface area contributed by atoms with Crippen molar-refractivity contribution < 1.29 is 33.4 Å². The Morgan fingerprint density at radius 2 is 1.91 bits per heavy atom. The van der Waals surface area contributed by atoms with E-state index >= 15 is 0 Å². The number of pyridine rings is 1. The van der Waals surface area contributed by atoms with Gasteiger partial charge in [-0.25, -0.2) is 5.43 Å². The highest BCUT2D eigenvalue weighted by atomic mass is 16.5. The maximum atomic E-state index is 14.6. The number of aromatic amines is 1. The van der Waals surface area contributed by atoms with Crippen LogP contribution in [0.15, 0.2) is 55.3 Å². The van der Waals surface area contributed by atoms with Crippen LogP contribution in [0.4, 0.5) is 0 Å². The zero-order chi connectivity index (χ0) is 46.0. The summed E-state index contributed by atoms with van der Waals surface area (Å²) in [7, 11) is 3.27. The first-order valence-electron chi connectivity index (χ1n) is 22.5. The number of carbonyl (C=O) groups excluding carboxylic acids is 5. The molecule has 3 aliphatic heterocycles. The maximum absolute atomic E-state index is 14.6. The van der Waals surface area contributed by atoms with E-state index in [1.54, 1.807) is 25.3 Å². The minimum Gasteiger partial charge on any atom is -0.464 e. The minimum absolute atomic E-state index is 0.0254. The molecule has 0 aliphatic carbocycles. The third-order valence-corrected chi connectivity index (χ3v) is 13.0. The molecule has 16 nitrogen and oxygen atoms in total. The van der Waals surface area contributed by atoms with Crippen LogP contribution in [0, 0.1) is 17.3 Å². The van der Waals surface area contributed by atoms with E-state index in [1.807, 2.05) is 39.0 Å². The molecule has 1 aromatic carbocycles. The van der Waals surface area contributed by atoms with Gasteiger partial charge in [0.2, 0.25) is 17.7 Å². The van der Waals surface area contributed by atoms with Gasteiger partial charge in [0.1, 0.15) is 18.1 Å². The molecule has 0 spiro atoms. The number of benzene rings is 1. The fourth-order valence-electron chi connectivity index (χ4n) is 9.58. The van der Waals surface area contributed by atoms with Crippen molar-refractivity contribution in [3.05, 3.63) is 72.2 Å². The van der Waals surface area contributed by atoms with Crippen LogP contribution in [0.1, 0.15) is 83.9 Å². The second-order valence-electron chi connectivity index (χ2n) is 18.5. The van der Waals surface area contributed by atoms with E-state index in [0.29, 0.717) is 51.0 Å². The van der Waals surface area contributed by atoms with E-state index in [0.717, 1.165) is 44.7 Å². The number of rotatable bonds is 10. The summed E-state index contributed by atoms with van der Waals surface area (Å²) in [6.45, 7) is 17.3. The van der Waals surface area contributed by atoms with Crippen molar-refractivity contribution in [2.45, 2.75) is 104 Å². The van der Waals surface area contributed by atoms with Gasteiger partial charge in [0.05, 0.1) is 41.4 Å². The number of aryl methyl sites for hydroxylation is 1. The number of aromatic nitrogens is 4. The Bertz CT molecular complexity index is 2420. The van der Waals surface area contributed by atoms with Gasteiger partial charge in [0.15, 0.2) is 0 Å². The number of methoxy groups -OCH3 is 1. The van der Waals surface area contributed by atoms with Crippen molar-refractivity contribution in [2.24, 2.45) is 17.3 Å². The molecule has 2 fully saturated rings. The molecular weight excluding hydrogens is 815 g/mol. The van der Waals surface area contributed by atoms with Crippen LogP contribution in [0.3, 0.4) is 0 Å². The van der Waals surface area contributed by atoms with Crippen molar-refractivity contribution in [3.8, 4) is 22.5 Å². The van der Waals surface area contributed by atoms with Crippen molar-refractivity contribution in [1.29, 1.82) is 0 Å². The van der Waals surface area contributed by atoms with Crippen LogP contribution in [-0.4, -0.2) is 123 Å². The zero-order valence-electron chi connectivity index (χ0n) is 38.4. The van der Waals surface area contributed by atoms with Crippen LogP contribution in [0.5, 0.6) is 0 Å². The molecule has 6 heterocycles. The number of carbonyl (C=O) groups is 5. The third kappa shape index (κ3) is 9.34. The molecule has 3 aliphatic rings. The third-order valence-electron chi connectivity index (χ3n) is 13.0. The smallest absolute Gasteiger partial charge is 0.324 e. The zero-order valence-corrected chi connectivity index (χ0v) is 38.4. The number of fused-ring (bicyclic) bond motifs is 6. The molecule has 4 aromatic rings. The van der Waals surface area contributed by atoms with Gasteiger partial charge in [-0.3, -0.25) is 39.1 Å². The first-order valence-corrected chi connectivity index (χ1v) is 22.5. The molecule has 3 aromatic heterocycles. The van der Waals surface area contributed by atoms with Gasteiger partial charge < -0.3 is 29.2 Å². The molecule has 0 saturated carbocycles. The Morgan fingerprint density at radius 1 is 1.12 bits per heavy atom. The Balaban J connectivity index is 1.27. The molecule has 342 valence electrons. The Kier molecular flexibility index (Phi) is 13.8. The van der Waals surface area contributed by atoms with Crippen molar-refractivity contribution in [1.82, 2.24) is 45.3 Å². The van der Waals surface area contributed by atoms with Gasteiger partial charge in [-0.1, -0.05) is 40.3 Å². The van der Waals surface area contributed by atoms with Gasteiger partial charge in [0.25, 0.3) is 5.91 Å². The molecule has 6 bridgehead atoms. The summed E-state index contributed by atoms with van der Waals surface area (Å²) in [5, 5.41) is 13.3. The fraction of sp³-hybridized carbons (Fsp3) is 0.521. The summed E-state index contributed by atoms with van der Waals surface area (Å²) in [6.07, 6.45) is 4.81. The molecule has 3 N–H and O–H groups in total. The monoisotopic (exact) mass is 877 g/mol. The molecule has 2 saturated heterocycles. The molecule has 0 radical (unpaired) electrons. The van der Waals surface area contributed by atoms with Crippen molar-refractivity contribution in [2.75, 3.05) is 40.4 Å². The van der Waals surface area contributed by atoms with Gasteiger partial charge in [-0.05, 0) is 87.4 Å². The summed E-state index contributed by atoms with van der Waals surface area (Å²) in [4.78, 5) is 76.8. The first kappa shape index (κ1) is 46.1. The molecule has 4 amide bonds. The standard InChI is InChI=1S/C48H63N9O7/c1-10-40(58)55-21-18-31(26-55)45(60)54(8)42(28(3)4)44(59)50-38-24-32-23-37(52-51-32)30-16-17-39-34(22-30)35(43(56(39)11-2)33-14-12-19-49-41(33)29(5)63-9)25-48(6,7)27-64-47(62)36-15-13-20-57(53-36)46(38)61/h10,12,14,16-17,19,22-23,28-29,31,36,38,42,53H,1,11,13,15,18,20-21,24-27H2,2-9H3,(H,50,59)(H,51,52)/t29-,31-,36-,38-,42?/m0/s1. The van der Waals surface area contributed by atoms with E-state index in [1.165, 1.54) is 16.0 Å². The van der Waals surface area contributed by atoms with E-state index in [2.05, 4.69) is 71.1 Å². The number of nitrogens with zero attached hydrogens (tertiary/aromatic N) is 6. The van der Waals surface area contributed by atoms with Gasteiger partial charge in [0, 0.05) is 80.4 Å². The van der Waals surface area contributed by atoms with E-state index < -0.39 is 47.2 Å². The van der Waals surface area contributed by atoms with Gasteiger partial charge in [-0.2, -0.15) is 5.10 Å². The van der Waals surface area contributed by atoms with Crippen LogP contribution in [0.25, 0.3) is 33.4 Å². The Labute approximate surface area is 375 Å². The number of hydrogen-bond acceptors (Lipinski definition) is 10. The Hall–Kier alpha value is -5.87. The van der Waals surface area contributed by atoms with Crippen LogP contribution in [-0.2, 0) is 52.8 Å². The van der Waals surface area contributed by atoms with E-state index in [9.17, 15) is 24.0 Å². The largest absolute Gasteiger partial charge is 0.464 e. The summed E-state index contributed by atoms with van der Waals surface area (Å²) in [5.74, 6) is -2.70. The number of ether oxygens (including phenoxy) is 2. The number of hydrazine groups is 1. The highest BCUT2D eigenvalue weighted by Crippen LogP contribution is 2.42. The lowest BCUT2D eigenvalue weighted by molar-refractivity contribution is -0.155. The molecular formula is C48H63N9O7. The fourth-order valence-corrected chi connectivity index (χ4v) is 9.58. The van der Waals surface area contributed by atoms with E-state index in [4.69, 9.17) is 14.5 Å². The first-order chi connectivity index (χ1) is 30.5. The normalized spacial score (nSPS) is 21.3. The summed E-state index contributed by atoms with van der Waals surface area (Å²) in [6, 6.07) is 9.41. The average molecular weight is 878 g/mol. The highest BCUT2D eigenvalue weighted by Gasteiger charge is 2.40. The number of cyclic esters (lactones) is 1. The highest BCUT2D eigenvalue weighted by molar-refractivity contribution is 5.96. The number of hydrogen-bond donors (Lipinski definition) is 3. The van der Waals surface area contributed by atoms with E-state index in [-0.39, 0.29) is 43.4 Å². The number of esters is 1. The lowest BCUT2D eigenvalue weighted by Gasteiger charge is -2.37. The number of amides is 4. The molecule has 1 unspecified atom stereocenters. The lowest BCUT2D eigenvalue weighted by Crippen LogP contribution is -2.62. The SMILES string of the molecule is C=CC(=O)N1CC[C@H](C(=O)N(C)C(C(=O)N[C@H]2Cc3cc([nH]n3)-c3ccc4c(c3)c(c(-c3cccnc3[C@H](C)OC)n4CC)CC(C)(C)COC(=O)[C@@H]3CCCN(N3)C2=O)C(C)C)C1. The second-order valence-corrected chi connectivity index (χ2v) is 18.5. The van der Waals surface area contributed by atoms with Gasteiger partial charge >= 0.3 is 5.97 Å². The topological polar surface area (TPSA) is 184 Å². The Morgan fingerprint density at radius 3 is 2.62 bits per heavy atom. The number of nitrogens with one attached hydrogen (secondary N) is 3. The molecule has 5 atom stereocenters. The quantitative estimate of drug-likeness (QED) is 0.145. The summed E-state index contributed by atoms with van der Waals surface area (Å²) < 4.78 is 14.2. The number of H-pyrrole nitrogens is 1. The predicted molar refractivity (Wildman–Crippen MR) is 242 cm³/mol. The summed E-state index contributed by atoms with van der Waals surface area (Å²) in [5.41, 5.74) is 9.70. The molecule has 7 rings (SSSR count). The minimum atomic E-state index is -1.11. The summed E-state index contributed by atoms with van der Waals surface area (Å²) >= 11 is 0. The lowest BCUT2D eigenvalue weighted by atomic mass is 9.84. The maximum Gasteiger partial charge on any atom is 0.324 e.